The molecule has 0 aromatic heterocycles. The van der Waals surface area contributed by atoms with Crippen LogP contribution in [-0.2, 0) is 14.8 Å². The molecule has 1 fully saturated rings. The Balaban J connectivity index is 1.54. The number of sulfonamides is 1. The Labute approximate surface area is 186 Å². The number of rotatable bonds is 4. The number of hydrogen-bond donors (Lipinski definition) is 0. The first-order valence-electron chi connectivity index (χ1n) is 9.78. The molecule has 4 rings (SSSR count). The van der Waals surface area contributed by atoms with Gasteiger partial charge in [0.2, 0.25) is 15.9 Å². The molecule has 0 aliphatic carbocycles. The highest BCUT2D eigenvalue weighted by Gasteiger charge is 2.36. The van der Waals surface area contributed by atoms with Crippen molar-refractivity contribution in [2.75, 3.05) is 37.4 Å². The van der Waals surface area contributed by atoms with E-state index < -0.39 is 10.0 Å². The number of carbonyl (C=O) groups excluding carboxylic acids is 1. The van der Waals surface area contributed by atoms with Gasteiger partial charge in [0.15, 0.2) is 0 Å². The lowest BCUT2D eigenvalue weighted by molar-refractivity contribution is -0.123. The van der Waals surface area contributed by atoms with Crippen LogP contribution in [-0.4, -0.2) is 51.1 Å². The third kappa shape index (κ3) is 4.19. The predicted molar refractivity (Wildman–Crippen MR) is 119 cm³/mol. The van der Waals surface area contributed by atoms with Crippen LogP contribution in [0, 0.1) is 5.92 Å². The number of ether oxygens (including phenoxy) is 1. The first kappa shape index (κ1) is 21.5. The van der Waals surface area contributed by atoms with E-state index >= 15 is 0 Å². The average molecular weight is 467 g/mol. The smallest absolute Gasteiger partial charge is 0.243 e. The Bertz CT molecular complexity index is 1040. The number of carbonyl (C=O) groups is 1. The molecule has 2 aliphatic rings. The zero-order valence-electron chi connectivity index (χ0n) is 16.6. The van der Waals surface area contributed by atoms with Gasteiger partial charge in [-0.3, -0.25) is 4.79 Å². The van der Waals surface area contributed by atoms with E-state index in [-0.39, 0.29) is 23.3 Å². The number of methoxy groups -OCH3 is 1. The van der Waals surface area contributed by atoms with Gasteiger partial charge < -0.3 is 9.64 Å². The van der Waals surface area contributed by atoms with Crippen LogP contribution < -0.4 is 9.64 Å². The summed E-state index contributed by atoms with van der Waals surface area (Å²) in [7, 11) is -2.13. The second kappa shape index (κ2) is 8.78. The fraction of sp³-hybridized carbons (Fsp3) is 0.381. The molecule has 0 radical (unpaired) electrons. The van der Waals surface area contributed by atoms with Gasteiger partial charge in [0.25, 0.3) is 0 Å². The van der Waals surface area contributed by atoms with E-state index in [1.165, 1.54) is 11.4 Å². The van der Waals surface area contributed by atoms with Gasteiger partial charge in [-0.15, -0.1) is 11.8 Å². The topological polar surface area (TPSA) is 66.9 Å². The van der Waals surface area contributed by atoms with Crippen molar-refractivity contribution >= 4 is 45.0 Å². The summed E-state index contributed by atoms with van der Waals surface area (Å²) in [6.45, 7) is 1.20. The monoisotopic (exact) mass is 466 g/mol. The third-order valence-corrected chi connectivity index (χ3v) is 8.64. The van der Waals surface area contributed by atoms with Crippen molar-refractivity contribution < 1.29 is 17.9 Å². The molecule has 2 aromatic rings. The van der Waals surface area contributed by atoms with Gasteiger partial charge in [0.05, 0.1) is 23.6 Å². The highest BCUT2D eigenvalue weighted by Crippen LogP contribution is 2.38. The largest absolute Gasteiger partial charge is 0.497 e. The molecule has 1 amide bonds. The summed E-state index contributed by atoms with van der Waals surface area (Å²) in [6, 6.07) is 11.9. The Morgan fingerprint density at radius 2 is 1.93 bits per heavy atom. The summed E-state index contributed by atoms with van der Waals surface area (Å²) in [4.78, 5) is 16.4. The lowest BCUT2D eigenvalue weighted by Crippen LogP contribution is -2.48. The maximum Gasteiger partial charge on any atom is 0.243 e. The molecule has 0 saturated carbocycles. The van der Waals surface area contributed by atoms with E-state index in [1.54, 1.807) is 40.9 Å². The normalized spacial score (nSPS) is 19.9. The molecule has 0 N–H and O–H groups in total. The SMILES string of the molecule is COc1ccc(S(=O)(=O)N2CCCC(C(=O)N3CCSc4ccc(Cl)cc43)C2)cc1. The molecule has 160 valence electrons. The van der Waals surface area contributed by atoms with Crippen molar-refractivity contribution in [2.24, 2.45) is 5.92 Å². The molecule has 1 atom stereocenters. The molecule has 30 heavy (non-hydrogen) atoms. The van der Waals surface area contributed by atoms with Crippen molar-refractivity contribution in [3.05, 3.63) is 47.5 Å². The minimum absolute atomic E-state index is 0.0338. The van der Waals surface area contributed by atoms with Crippen LogP contribution in [0.2, 0.25) is 5.02 Å². The zero-order valence-corrected chi connectivity index (χ0v) is 19.0. The molecular formula is C21H23ClN2O4S2. The lowest BCUT2D eigenvalue weighted by atomic mass is 9.97. The van der Waals surface area contributed by atoms with Gasteiger partial charge in [-0.1, -0.05) is 11.6 Å². The van der Waals surface area contributed by atoms with Crippen molar-refractivity contribution in [1.82, 2.24) is 4.31 Å². The highest BCUT2D eigenvalue weighted by molar-refractivity contribution is 7.99. The Hall–Kier alpha value is -1.74. The van der Waals surface area contributed by atoms with Crippen LogP contribution in [0.1, 0.15) is 12.8 Å². The number of piperidine rings is 1. The molecule has 6 nitrogen and oxygen atoms in total. The number of amides is 1. The quantitative estimate of drug-likeness (QED) is 0.683. The fourth-order valence-electron chi connectivity index (χ4n) is 3.90. The van der Waals surface area contributed by atoms with Gasteiger partial charge in [-0.05, 0) is 55.3 Å². The summed E-state index contributed by atoms with van der Waals surface area (Å²) >= 11 is 7.86. The molecular weight excluding hydrogens is 444 g/mol. The second-order valence-corrected chi connectivity index (χ2v) is 10.8. The van der Waals surface area contributed by atoms with Crippen molar-refractivity contribution in [1.29, 1.82) is 0 Å². The summed E-state index contributed by atoms with van der Waals surface area (Å²) < 4.78 is 32.8. The molecule has 2 aromatic carbocycles. The number of anilines is 1. The van der Waals surface area contributed by atoms with Crippen LogP contribution in [0.4, 0.5) is 5.69 Å². The minimum atomic E-state index is -3.67. The van der Waals surface area contributed by atoms with Crippen LogP contribution in [0.15, 0.2) is 52.3 Å². The van der Waals surface area contributed by atoms with Gasteiger partial charge in [-0.25, -0.2) is 8.42 Å². The van der Waals surface area contributed by atoms with Crippen molar-refractivity contribution in [2.45, 2.75) is 22.6 Å². The first-order chi connectivity index (χ1) is 14.4. The van der Waals surface area contributed by atoms with E-state index in [9.17, 15) is 13.2 Å². The van der Waals surface area contributed by atoms with E-state index in [2.05, 4.69) is 0 Å². The van der Waals surface area contributed by atoms with Gasteiger partial charge in [-0.2, -0.15) is 4.31 Å². The minimum Gasteiger partial charge on any atom is -0.497 e. The van der Waals surface area contributed by atoms with Crippen LogP contribution in [0.3, 0.4) is 0 Å². The first-order valence-corrected chi connectivity index (χ1v) is 12.6. The molecule has 0 bridgehead atoms. The Morgan fingerprint density at radius 1 is 1.17 bits per heavy atom. The summed E-state index contributed by atoms with van der Waals surface area (Å²) in [5, 5.41) is 0.585. The highest BCUT2D eigenvalue weighted by atomic mass is 35.5. The Kier molecular flexibility index (Phi) is 6.29. The maximum atomic E-state index is 13.4. The number of halogens is 1. The van der Waals surface area contributed by atoms with E-state index in [1.807, 2.05) is 18.2 Å². The summed E-state index contributed by atoms with van der Waals surface area (Å²) in [6.07, 6.45) is 1.32. The van der Waals surface area contributed by atoms with Crippen molar-refractivity contribution in [3.63, 3.8) is 0 Å². The van der Waals surface area contributed by atoms with E-state index in [4.69, 9.17) is 16.3 Å². The third-order valence-electron chi connectivity index (χ3n) is 5.48. The number of nitrogens with zero attached hydrogens (tertiary/aromatic N) is 2. The second-order valence-electron chi connectivity index (χ2n) is 7.33. The molecule has 2 aliphatic heterocycles. The standard InChI is InChI=1S/C21H23ClN2O4S2/c1-28-17-5-7-18(8-6-17)30(26,27)23-10-2-3-15(14-23)21(25)24-11-12-29-20-9-4-16(22)13-19(20)24/h4-9,13,15H,2-3,10-12,14H2,1H3. The van der Waals surface area contributed by atoms with Crippen LogP contribution in [0.25, 0.3) is 0 Å². The average Bonchev–Trinajstić information content (AvgIpc) is 2.78. The molecule has 1 unspecified atom stereocenters. The number of benzene rings is 2. The van der Waals surface area contributed by atoms with Gasteiger partial charge in [0.1, 0.15) is 5.75 Å². The summed E-state index contributed by atoms with van der Waals surface area (Å²) in [5.74, 6) is 0.997. The van der Waals surface area contributed by atoms with Gasteiger partial charge in [0, 0.05) is 35.3 Å². The molecule has 1 saturated heterocycles. The lowest BCUT2D eigenvalue weighted by Gasteiger charge is -2.36. The number of hydrogen-bond acceptors (Lipinski definition) is 5. The number of fused-ring (bicyclic) bond motifs is 1. The molecule has 0 spiro atoms. The van der Waals surface area contributed by atoms with Crippen LogP contribution in [0.5, 0.6) is 5.75 Å². The van der Waals surface area contributed by atoms with Gasteiger partial charge >= 0.3 is 0 Å². The maximum absolute atomic E-state index is 13.4. The van der Waals surface area contributed by atoms with Crippen LogP contribution >= 0.6 is 23.4 Å². The van der Waals surface area contributed by atoms with E-state index in [0.717, 1.165) is 16.3 Å². The predicted octanol–water partition coefficient (Wildman–Crippen LogP) is 3.89. The van der Waals surface area contributed by atoms with E-state index in [0.29, 0.717) is 36.7 Å². The summed E-state index contributed by atoms with van der Waals surface area (Å²) in [5.41, 5.74) is 0.818. The molecule has 9 heteroatoms. The fourth-order valence-corrected chi connectivity index (χ4v) is 6.56. The molecule has 2 heterocycles. The number of thioether (sulfide) groups is 1. The zero-order chi connectivity index (χ0) is 21.3. The Morgan fingerprint density at radius 3 is 2.67 bits per heavy atom. The van der Waals surface area contributed by atoms with Crippen molar-refractivity contribution in [3.8, 4) is 5.75 Å².